The molecule has 2 unspecified atom stereocenters. The fourth-order valence-corrected chi connectivity index (χ4v) is 3.98. The Bertz CT molecular complexity index is 643. The highest BCUT2D eigenvalue weighted by Crippen LogP contribution is 2.19. The van der Waals surface area contributed by atoms with Crippen molar-refractivity contribution < 1.29 is 17.9 Å². The maximum atomic E-state index is 12.5. The van der Waals surface area contributed by atoms with Crippen LogP contribution in [0.25, 0.3) is 0 Å². The summed E-state index contributed by atoms with van der Waals surface area (Å²) in [6.07, 6.45) is 3.04. The van der Waals surface area contributed by atoms with Gasteiger partial charge in [0.05, 0.1) is 18.0 Å². The first-order valence-corrected chi connectivity index (χ1v) is 9.30. The van der Waals surface area contributed by atoms with Crippen LogP contribution in [0.5, 0.6) is 5.75 Å². The Morgan fingerprint density at radius 2 is 1.96 bits per heavy atom. The van der Waals surface area contributed by atoms with Crippen LogP contribution >= 0.6 is 0 Å². The molecule has 2 atom stereocenters. The molecule has 0 radical (unpaired) electrons. The van der Waals surface area contributed by atoms with Crippen LogP contribution in [0.15, 0.2) is 29.2 Å². The fraction of sp³-hybridized carbons (Fsp3) is 0.562. The lowest BCUT2D eigenvalue weighted by Crippen LogP contribution is -2.51. The maximum Gasteiger partial charge on any atom is 0.241 e. The van der Waals surface area contributed by atoms with Crippen molar-refractivity contribution in [3.05, 3.63) is 24.3 Å². The van der Waals surface area contributed by atoms with Crippen molar-refractivity contribution in [1.29, 1.82) is 0 Å². The highest BCUT2D eigenvalue weighted by molar-refractivity contribution is 7.89. The molecule has 2 rings (SSSR count). The molecule has 7 heteroatoms. The maximum absolute atomic E-state index is 12.5. The number of piperidine rings is 1. The van der Waals surface area contributed by atoms with Crippen molar-refractivity contribution >= 4 is 15.9 Å². The molecule has 23 heavy (non-hydrogen) atoms. The molecule has 0 aliphatic carbocycles. The Hall–Kier alpha value is -1.60. The predicted octanol–water partition coefficient (Wildman–Crippen LogP) is 1.76. The number of ether oxygens (including phenoxy) is 1. The molecule has 1 fully saturated rings. The zero-order valence-electron chi connectivity index (χ0n) is 13.8. The van der Waals surface area contributed by atoms with Crippen LogP contribution in [0.3, 0.4) is 0 Å². The molecule has 1 amide bonds. The number of likely N-dealkylation sites (tertiary alicyclic amines) is 1. The van der Waals surface area contributed by atoms with Crippen molar-refractivity contribution in [2.45, 2.75) is 50.1 Å². The van der Waals surface area contributed by atoms with Gasteiger partial charge in [-0.3, -0.25) is 4.79 Å². The molecule has 6 nitrogen and oxygen atoms in total. The van der Waals surface area contributed by atoms with Gasteiger partial charge < -0.3 is 9.64 Å². The molecular weight excluding hydrogens is 316 g/mol. The van der Waals surface area contributed by atoms with Crippen LogP contribution in [0.1, 0.15) is 33.1 Å². The summed E-state index contributed by atoms with van der Waals surface area (Å²) in [5.41, 5.74) is 0. The summed E-state index contributed by atoms with van der Waals surface area (Å²) in [5, 5.41) is 0. The summed E-state index contributed by atoms with van der Waals surface area (Å²) in [7, 11) is -2.22. The standard InChI is InChI=1S/C16H24N2O4S/c1-12-6-4-5-11-18(12)16(19)13(2)17-23(20,21)15-9-7-14(22-3)8-10-15/h7-10,12-13,17H,4-6,11H2,1-3H3. The minimum absolute atomic E-state index is 0.115. The molecule has 128 valence electrons. The predicted molar refractivity (Wildman–Crippen MR) is 87.8 cm³/mol. The largest absolute Gasteiger partial charge is 0.497 e. The molecule has 1 aliphatic rings. The van der Waals surface area contributed by atoms with Crippen LogP contribution < -0.4 is 9.46 Å². The summed E-state index contributed by atoms with van der Waals surface area (Å²) >= 11 is 0. The number of carbonyl (C=O) groups excluding carboxylic acids is 1. The first-order chi connectivity index (χ1) is 10.8. The van der Waals surface area contributed by atoms with E-state index in [0.29, 0.717) is 12.3 Å². The van der Waals surface area contributed by atoms with Crippen LogP contribution in [0.2, 0.25) is 0 Å². The van der Waals surface area contributed by atoms with Gasteiger partial charge in [-0.1, -0.05) is 0 Å². The van der Waals surface area contributed by atoms with Crippen LogP contribution in [-0.2, 0) is 14.8 Å². The van der Waals surface area contributed by atoms with E-state index in [1.165, 1.54) is 19.2 Å². The van der Waals surface area contributed by atoms with E-state index in [4.69, 9.17) is 4.74 Å². The number of hydrogen-bond acceptors (Lipinski definition) is 4. The molecular formula is C16H24N2O4S. The van der Waals surface area contributed by atoms with Crippen LogP contribution in [0.4, 0.5) is 0 Å². The number of sulfonamides is 1. The van der Waals surface area contributed by atoms with Crippen LogP contribution in [0, 0.1) is 0 Å². The Morgan fingerprint density at radius 3 is 2.52 bits per heavy atom. The lowest BCUT2D eigenvalue weighted by Gasteiger charge is -2.35. The Morgan fingerprint density at radius 1 is 1.30 bits per heavy atom. The number of carbonyl (C=O) groups is 1. The van der Waals surface area contributed by atoms with Crippen molar-refractivity contribution in [2.75, 3.05) is 13.7 Å². The second-order valence-electron chi connectivity index (χ2n) is 5.89. The number of rotatable bonds is 5. The van der Waals surface area contributed by atoms with Crippen molar-refractivity contribution in [3.63, 3.8) is 0 Å². The lowest BCUT2D eigenvalue weighted by molar-refractivity contribution is -0.135. The Labute approximate surface area is 137 Å². The molecule has 1 aliphatic heterocycles. The molecule has 0 spiro atoms. The normalized spacial score (nSPS) is 20.1. The van der Waals surface area contributed by atoms with Crippen LogP contribution in [-0.4, -0.2) is 45.0 Å². The summed E-state index contributed by atoms with van der Waals surface area (Å²) < 4.78 is 32.3. The first-order valence-electron chi connectivity index (χ1n) is 7.82. The van der Waals surface area contributed by atoms with Gasteiger partial charge >= 0.3 is 0 Å². The monoisotopic (exact) mass is 340 g/mol. The van der Waals surface area contributed by atoms with E-state index in [1.807, 2.05) is 6.92 Å². The number of nitrogens with one attached hydrogen (secondary N) is 1. The molecule has 1 N–H and O–H groups in total. The summed E-state index contributed by atoms with van der Waals surface area (Å²) in [5.74, 6) is 0.407. The van der Waals surface area contributed by atoms with Crippen molar-refractivity contribution in [2.24, 2.45) is 0 Å². The number of methoxy groups -OCH3 is 1. The number of hydrogen-bond donors (Lipinski definition) is 1. The van der Waals surface area contributed by atoms with Gasteiger partial charge in [0, 0.05) is 12.6 Å². The molecule has 1 aromatic carbocycles. The summed E-state index contributed by atoms with van der Waals surface area (Å²) in [4.78, 5) is 14.4. The third-order valence-electron chi connectivity index (χ3n) is 4.16. The molecule has 1 aromatic rings. The zero-order chi connectivity index (χ0) is 17.0. The van der Waals surface area contributed by atoms with E-state index in [0.717, 1.165) is 19.3 Å². The van der Waals surface area contributed by atoms with Crippen molar-refractivity contribution in [3.8, 4) is 5.75 Å². The van der Waals surface area contributed by atoms with Gasteiger partial charge in [-0.15, -0.1) is 0 Å². The molecule has 1 saturated heterocycles. The van der Waals surface area contributed by atoms with Gasteiger partial charge in [0.15, 0.2) is 0 Å². The van der Waals surface area contributed by atoms with Gasteiger partial charge in [-0.25, -0.2) is 8.42 Å². The third-order valence-corrected chi connectivity index (χ3v) is 5.71. The average molecular weight is 340 g/mol. The average Bonchev–Trinajstić information content (AvgIpc) is 2.54. The zero-order valence-corrected chi connectivity index (χ0v) is 14.6. The van der Waals surface area contributed by atoms with Gasteiger partial charge in [-0.2, -0.15) is 4.72 Å². The fourth-order valence-electron chi connectivity index (χ4n) is 2.78. The van der Waals surface area contributed by atoms with E-state index in [1.54, 1.807) is 24.0 Å². The Balaban J connectivity index is 2.07. The van der Waals surface area contributed by atoms with Gasteiger partial charge in [0.1, 0.15) is 5.75 Å². The topological polar surface area (TPSA) is 75.7 Å². The summed E-state index contributed by atoms with van der Waals surface area (Å²) in [6, 6.07) is 5.44. The van der Waals surface area contributed by atoms with Crippen molar-refractivity contribution in [1.82, 2.24) is 9.62 Å². The number of benzene rings is 1. The van der Waals surface area contributed by atoms with Gasteiger partial charge in [-0.05, 0) is 57.4 Å². The lowest BCUT2D eigenvalue weighted by atomic mass is 10.0. The molecule has 1 heterocycles. The van der Waals surface area contributed by atoms with Gasteiger partial charge in [0.2, 0.25) is 15.9 Å². The van der Waals surface area contributed by atoms with E-state index in [9.17, 15) is 13.2 Å². The summed E-state index contributed by atoms with van der Waals surface area (Å²) in [6.45, 7) is 4.28. The molecule has 0 aromatic heterocycles. The van der Waals surface area contributed by atoms with E-state index < -0.39 is 16.1 Å². The number of nitrogens with zero attached hydrogens (tertiary/aromatic N) is 1. The first kappa shape index (κ1) is 17.7. The Kier molecular flexibility index (Phi) is 5.64. The molecule has 0 saturated carbocycles. The molecule has 0 bridgehead atoms. The second kappa shape index (κ2) is 7.31. The minimum atomic E-state index is -3.74. The second-order valence-corrected chi connectivity index (χ2v) is 7.61. The van der Waals surface area contributed by atoms with E-state index in [-0.39, 0.29) is 16.8 Å². The quantitative estimate of drug-likeness (QED) is 0.886. The SMILES string of the molecule is COc1ccc(S(=O)(=O)NC(C)C(=O)N2CCCCC2C)cc1. The minimum Gasteiger partial charge on any atom is -0.497 e. The highest BCUT2D eigenvalue weighted by atomic mass is 32.2. The van der Waals surface area contributed by atoms with E-state index in [2.05, 4.69) is 4.72 Å². The third kappa shape index (κ3) is 4.23. The highest BCUT2D eigenvalue weighted by Gasteiger charge is 2.29. The van der Waals surface area contributed by atoms with E-state index >= 15 is 0 Å². The number of amides is 1. The smallest absolute Gasteiger partial charge is 0.241 e. The van der Waals surface area contributed by atoms with Gasteiger partial charge in [0.25, 0.3) is 0 Å².